The van der Waals surface area contributed by atoms with Crippen molar-refractivity contribution in [3.05, 3.63) is 33.1 Å². The van der Waals surface area contributed by atoms with E-state index in [1.807, 2.05) is 4.98 Å². The summed E-state index contributed by atoms with van der Waals surface area (Å²) in [7, 11) is -2.43. The number of hydrogen-bond donors (Lipinski definition) is 3. The van der Waals surface area contributed by atoms with Gasteiger partial charge in [0.25, 0.3) is 5.56 Å². The van der Waals surface area contributed by atoms with Gasteiger partial charge >= 0.3 is 12.9 Å². The van der Waals surface area contributed by atoms with Crippen LogP contribution in [0.4, 0.5) is 4.39 Å². The van der Waals surface area contributed by atoms with E-state index < -0.39 is 49.2 Å². The number of rotatable bonds is 4. The Bertz CT molecular complexity index is 665. The zero-order valence-electron chi connectivity index (χ0n) is 10.8. The van der Waals surface area contributed by atoms with Crippen molar-refractivity contribution in [2.75, 3.05) is 6.61 Å². The van der Waals surface area contributed by atoms with E-state index in [0.29, 0.717) is 0 Å². The first-order valence-corrected chi connectivity index (χ1v) is 8.18. The lowest BCUT2D eigenvalue weighted by Crippen LogP contribution is -2.43. The predicted molar refractivity (Wildman–Crippen MR) is 73.3 cm³/mol. The molecule has 1 aliphatic rings. The molecule has 1 aromatic heterocycles. The topological polar surface area (TPSA) is 111 Å². The van der Waals surface area contributed by atoms with Gasteiger partial charge in [-0.25, -0.2) is 9.18 Å². The van der Waals surface area contributed by atoms with Gasteiger partial charge in [-0.2, -0.15) is 0 Å². The maximum absolute atomic E-state index is 14.5. The molecule has 2 N–H and O–H groups in total. The average Bonchev–Trinajstić information content (AvgIpc) is 2.64. The van der Waals surface area contributed by atoms with Crippen LogP contribution in [0.2, 0.25) is 0 Å². The largest absolute Gasteiger partial charge is 0.582 e. The molecule has 0 aromatic carbocycles. The highest BCUT2D eigenvalue weighted by Crippen LogP contribution is 2.44. The van der Waals surface area contributed by atoms with Crippen LogP contribution in [0, 0.1) is 0 Å². The van der Waals surface area contributed by atoms with E-state index in [2.05, 4.69) is 12.2 Å². The minimum absolute atomic E-state index is 0.621. The fourth-order valence-corrected chi connectivity index (χ4v) is 2.96. The molecule has 0 amide bonds. The van der Waals surface area contributed by atoms with E-state index in [1.165, 1.54) is 6.92 Å². The molecule has 1 aromatic rings. The number of aromatic amines is 1. The minimum atomic E-state index is -2.43. The highest BCUT2D eigenvalue weighted by molar-refractivity contribution is 8.39. The molecule has 0 saturated carbocycles. The van der Waals surface area contributed by atoms with Crippen molar-refractivity contribution in [2.45, 2.75) is 31.0 Å². The van der Waals surface area contributed by atoms with Crippen LogP contribution >= 0.6 is 19.5 Å². The lowest BCUT2D eigenvalue weighted by Gasteiger charge is -2.24. The minimum Gasteiger partial charge on any atom is -0.393 e. The third kappa shape index (κ3) is 3.09. The summed E-state index contributed by atoms with van der Waals surface area (Å²) in [4.78, 5) is 24.7. The van der Waals surface area contributed by atoms with Gasteiger partial charge in [0.15, 0.2) is 18.5 Å². The number of halogens is 1. The third-order valence-electron chi connectivity index (χ3n) is 3.20. The fraction of sp³-hybridized carbons (Fsp3) is 0.600. The van der Waals surface area contributed by atoms with Gasteiger partial charge in [-0.3, -0.25) is 14.3 Å². The fourth-order valence-electron chi connectivity index (χ4n) is 2.13. The average molecular weight is 339 g/mol. The van der Waals surface area contributed by atoms with Gasteiger partial charge < -0.3 is 9.84 Å². The monoisotopic (exact) mass is 339 g/mol. The van der Waals surface area contributed by atoms with Gasteiger partial charge in [-0.05, 0) is 11.5 Å². The number of aliphatic hydroxyl groups is 1. The molecule has 0 spiro atoms. The van der Waals surface area contributed by atoms with Crippen LogP contribution in [0.1, 0.15) is 13.2 Å². The number of nitrogens with one attached hydrogen (secondary N) is 1. The SMILES string of the molecule is C[C@]1(CO)O[C@@H](n2ccc(=O)[nH]c2=O)C(F)[C@H]1O[P+](=O)S. The molecular weight excluding hydrogens is 326 g/mol. The van der Waals surface area contributed by atoms with Gasteiger partial charge in [0.05, 0.1) is 6.61 Å². The Hall–Kier alpha value is -1.06. The van der Waals surface area contributed by atoms with E-state index in [4.69, 9.17) is 9.26 Å². The molecule has 21 heavy (non-hydrogen) atoms. The quantitative estimate of drug-likeness (QED) is 0.531. The second-order valence-electron chi connectivity index (χ2n) is 4.70. The smallest absolute Gasteiger partial charge is 0.393 e. The van der Waals surface area contributed by atoms with Gasteiger partial charge in [-0.15, -0.1) is 4.52 Å². The van der Waals surface area contributed by atoms with Crippen molar-refractivity contribution in [3.8, 4) is 0 Å². The summed E-state index contributed by atoms with van der Waals surface area (Å²) in [5.41, 5.74) is -3.01. The zero-order valence-corrected chi connectivity index (χ0v) is 12.6. The first-order chi connectivity index (χ1) is 9.78. The molecule has 1 saturated heterocycles. The lowest BCUT2D eigenvalue weighted by atomic mass is 9.99. The molecule has 5 atom stereocenters. The Morgan fingerprint density at radius 2 is 2.33 bits per heavy atom. The van der Waals surface area contributed by atoms with Crippen molar-refractivity contribution in [3.63, 3.8) is 0 Å². The predicted octanol–water partition coefficient (Wildman–Crippen LogP) is 0.127. The number of H-pyrrole nitrogens is 1. The number of nitrogens with zero attached hydrogens (tertiary/aromatic N) is 1. The summed E-state index contributed by atoms with van der Waals surface area (Å²) in [5, 5.41) is 9.37. The van der Waals surface area contributed by atoms with Crippen LogP contribution in [0.25, 0.3) is 0 Å². The van der Waals surface area contributed by atoms with Crippen molar-refractivity contribution in [1.82, 2.24) is 9.55 Å². The van der Waals surface area contributed by atoms with Crippen molar-refractivity contribution in [2.24, 2.45) is 0 Å². The molecule has 2 heterocycles. The summed E-state index contributed by atoms with van der Waals surface area (Å²) in [6, 6.07) is 1.03. The van der Waals surface area contributed by atoms with Crippen LogP contribution in [-0.2, 0) is 13.8 Å². The normalized spacial score (nSPS) is 33.1. The second-order valence-corrected chi connectivity index (χ2v) is 6.37. The van der Waals surface area contributed by atoms with Gasteiger partial charge in [0.2, 0.25) is 0 Å². The van der Waals surface area contributed by atoms with E-state index in [1.54, 1.807) is 0 Å². The van der Waals surface area contributed by atoms with Crippen LogP contribution in [0.5, 0.6) is 0 Å². The van der Waals surface area contributed by atoms with Crippen molar-refractivity contribution >= 4 is 19.5 Å². The molecule has 0 aliphatic carbocycles. The Balaban J connectivity index is 2.41. The molecule has 11 heteroatoms. The summed E-state index contributed by atoms with van der Waals surface area (Å²) >= 11 is 3.55. The van der Waals surface area contributed by atoms with Crippen LogP contribution in [0.3, 0.4) is 0 Å². The number of ether oxygens (including phenoxy) is 1. The highest BCUT2D eigenvalue weighted by Gasteiger charge is 2.58. The first-order valence-electron chi connectivity index (χ1n) is 5.85. The Morgan fingerprint density at radius 3 is 2.86 bits per heavy atom. The Kier molecular flexibility index (Phi) is 4.64. The van der Waals surface area contributed by atoms with Gasteiger partial charge in [0.1, 0.15) is 17.8 Å². The van der Waals surface area contributed by atoms with Gasteiger partial charge in [-0.1, -0.05) is 0 Å². The summed E-state index contributed by atoms with van der Waals surface area (Å²) in [5.74, 6) is 0. The zero-order chi connectivity index (χ0) is 15.8. The molecular formula is C10H13FN2O6PS+. The number of thiol groups is 1. The third-order valence-corrected chi connectivity index (χ3v) is 3.89. The van der Waals surface area contributed by atoms with E-state index >= 15 is 0 Å². The second kappa shape index (κ2) is 5.98. The number of aromatic nitrogens is 2. The molecule has 0 bridgehead atoms. The highest BCUT2D eigenvalue weighted by atomic mass is 32.7. The van der Waals surface area contributed by atoms with Gasteiger partial charge in [0, 0.05) is 12.3 Å². The molecule has 116 valence electrons. The van der Waals surface area contributed by atoms with Crippen molar-refractivity contribution in [1.29, 1.82) is 0 Å². The maximum Gasteiger partial charge on any atom is 0.582 e. The maximum atomic E-state index is 14.5. The molecule has 8 nitrogen and oxygen atoms in total. The summed E-state index contributed by atoms with van der Waals surface area (Å²) < 4.78 is 36.6. The van der Waals surface area contributed by atoms with E-state index in [-0.39, 0.29) is 0 Å². The molecule has 2 unspecified atom stereocenters. The van der Waals surface area contributed by atoms with Crippen LogP contribution < -0.4 is 11.2 Å². The number of alkyl halides is 1. The molecule has 2 rings (SSSR count). The molecule has 0 radical (unpaired) electrons. The first kappa shape index (κ1) is 16.3. The molecule has 1 fully saturated rings. The standard InChI is InChI=1S/C10H12FN2O6PS/c1-10(4-14)7(19-20(17)21)6(11)8(18-10)13-3-2-5(15)12-9(13)16/h2-3,6-8,14H,4H2,1H3,(H-,12,15,16,17,21)/p+1/t6?,7-,8-,10-/m1/s1. The van der Waals surface area contributed by atoms with Crippen LogP contribution in [-0.4, -0.2) is 39.1 Å². The molecule has 1 aliphatic heterocycles. The summed E-state index contributed by atoms with van der Waals surface area (Å²) in [6.45, 7) is 0.733. The van der Waals surface area contributed by atoms with Crippen LogP contribution in [0.15, 0.2) is 21.9 Å². The van der Waals surface area contributed by atoms with E-state index in [9.17, 15) is 23.7 Å². The lowest BCUT2D eigenvalue weighted by molar-refractivity contribution is -0.112. The number of hydrogen-bond acceptors (Lipinski definition) is 6. The Labute approximate surface area is 123 Å². The Morgan fingerprint density at radius 1 is 1.67 bits per heavy atom. The number of aliphatic hydroxyl groups excluding tert-OH is 1. The van der Waals surface area contributed by atoms with Crippen molar-refractivity contribution < 1.29 is 23.3 Å². The van der Waals surface area contributed by atoms with E-state index in [0.717, 1.165) is 16.8 Å². The summed E-state index contributed by atoms with van der Waals surface area (Å²) in [6.07, 6.45) is -3.64.